The quantitative estimate of drug-likeness (QED) is 0.162. The van der Waals surface area contributed by atoms with Gasteiger partial charge in [0.15, 0.2) is 0 Å². The van der Waals surface area contributed by atoms with Crippen LogP contribution in [0.4, 0.5) is 4.79 Å². The number of ether oxygens (including phenoxy) is 1. The zero-order chi connectivity index (χ0) is 32.2. The minimum atomic E-state index is -1.07. The van der Waals surface area contributed by atoms with Gasteiger partial charge >= 0.3 is 6.09 Å². The maximum Gasteiger partial charge on any atom is 0.408 e. The van der Waals surface area contributed by atoms with E-state index in [4.69, 9.17) is 4.74 Å². The average molecular weight is 626 g/mol. The number of hydrogen-bond donors (Lipinski definition) is 4. The van der Waals surface area contributed by atoms with E-state index in [9.17, 15) is 14.4 Å². The van der Waals surface area contributed by atoms with E-state index in [1.54, 1.807) is 18.2 Å². The number of nitrogens with one attached hydrogen (secondary N) is 4. The molecule has 0 aliphatic heterocycles. The molecule has 7 aromatic rings. The molecule has 7 rings (SSSR count). The monoisotopic (exact) mass is 625 g/mol. The molecule has 4 aromatic carbocycles. The van der Waals surface area contributed by atoms with Gasteiger partial charge in [0.05, 0.1) is 5.52 Å². The number of aromatic nitrogens is 5. The molecule has 0 bridgehead atoms. The Labute approximate surface area is 268 Å². The van der Waals surface area contributed by atoms with Crippen LogP contribution in [-0.2, 0) is 29.0 Å². The molecule has 0 spiro atoms. The van der Waals surface area contributed by atoms with Crippen LogP contribution in [0.2, 0.25) is 0 Å². The zero-order valence-electron chi connectivity index (χ0n) is 25.2. The van der Waals surface area contributed by atoms with Crippen molar-refractivity contribution in [2.75, 3.05) is 0 Å². The number of para-hydroxylation sites is 3. The number of rotatable bonds is 10. The van der Waals surface area contributed by atoms with Gasteiger partial charge in [0, 0.05) is 47.0 Å². The highest BCUT2D eigenvalue weighted by molar-refractivity contribution is 5.97. The SMILES string of the molecule is O=C(NC(Cc1c[nH]c2ccccc12)C(=O)NC(Cc1c[nH]c2ccccc12)C(=O)n1nnc2ccccc21)OCc1ccccc1. The molecule has 2 amide bonds. The highest BCUT2D eigenvalue weighted by Crippen LogP contribution is 2.22. The van der Waals surface area contributed by atoms with E-state index >= 15 is 0 Å². The summed E-state index contributed by atoms with van der Waals surface area (Å²) in [6.07, 6.45) is 3.21. The van der Waals surface area contributed by atoms with Crippen molar-refractivity contribution in [3.05, 3.63) is 132 Å². The van der Waals surface area contributed by atoms with Crippen LogP contribution in [0.25, 0.3) is 32.8 Å². The third-order valence-electron chi connectivity index (χ3n) is 8.19. The number of aromatic amines is 2. The molecule has 3 aromatic heterocycles. The van der Waals surface area contributed by atoms with Gasteiger partial charge in [-0.1, -0.05) is 84.1 Å². The van der Waals surface area contributed by atoms with E-state index in [-0.39, 0.29) is 19.4 Å². The molecule has 3 heterocycles. The Morgan fingerprint density at radius 1 is 0.702 bits per heavy atom. The van der Waals surface area contributed by atoms with E-state index in [0.29, 0.717) is 11.0 Å². The van der Waals surface area contributed by atoms with Crippen molar-refractivity contribution in [3.8, 4) is 0 Å². The molecular formula is C36H31N7O4. The lowest BCUT2D eigenvalue weighted by atomic mass is 10.0. The molecular weight excluding hydrogens is 594 g/mol. The number of hydrogen-bond acceptors (Lipinski definition) is 6. The smallest absolute Gasteiger partial charge is 0.408 e. The molecule has 0 saturated heterocycles. The fraction of sp³-hybridized carbons (Fsp3) is 0.139. The van der Waals surface area contributed by atoms with Gasteiger partial charge in [0.1, 0.15) is 24.2 Å². The molecule has 0 aliphatic rings. The fourth-order valence-corrected chi connectivity index (χ4v) is 5.81. The molecule has 4 N–H and O–H groups in total. The largest absolute Gasteiger partial charge is 0.445 e. The Kier molecular flexibility index (Phi) is 8.16. The Balaban J connectivity index is 1.19. The lowest BCUT2D eigenvalue weighted by Gasteiger charge is -2.23. The Bertz CT molecular complexity index is 2200. The highest BCUT2D eigenvalue weighted by atomic mass is 16.5. The fourth-order valence-electron chi connectivity index (χ4n) is 5.81. The molecule has 0 radical (unpaired) electrons. The molecule has 0 saturated carbocycles. The molecule has 47 heavy (non-hydrogen) atoms. The number of fused-ring (bicyclic) bond motifs is 3. The van der Waals surface area contributed by atoms with Gasteiger partial charge < -0.3 is 25.3 Å². The van der Waals surface area contributed by atoms with Crippen LogP contribution in [0, 0.1) is 0 Å². The van der Waals surface area contributed by atoms with Crippen molar-refractivity contribution in [1.29, 1.82) is 0 Å². The van der Waals surface area contributed by atoms with Crippen LogP contribution < -0.4 is 10.6 Å². The van der Waals surface area contributed by atoms with Gasteiger partial charge in [0.25, 0.3) is 5.91 Å². The summed E-state index contributed by atoms with van der Waals surface area (Å²) >= 11 is 0. The summed E-state index contributed by atoms with van der Waals surface area (Å²) in [4.78, 5) is 47.8. The summed E-state index contributed by atoms with van der Waals surface area (Å²) in [5, 5.41) is 15.8. The third kappa shape index (κ3) is 6.32. The number of carbonyl (C=O) groups excluding carboxylic acids is 3. The number of benzene rings is 4. The summed E-state index contributed by atoms with van der Waals surface area (Å²) in [6, 6.07) is 29.8. The first kappa shape index (κ1) is 29.5. The predicted molar refractivity (Wildman–Crippen MR) is 178 cm³/mol. The van der Waals surface area contributed by atoms with Crippen LogP contribution in [0.5, 0.6) is 0 Å². The van der Waals surface area contributed by atoms with Crippen molar-refractivity contribution in [1.82, 2.24) is 35.6 Å². The lowest BCUT2D eigenvalue weighted by molar-refractivity contribution is -0.123. The van der Waals surface area contributed by atoms with Gasteiger partial charge in [-0.15, -0.1) is 5.10 Å². The van der Waals surface area contributed by atoms with E-state index in [0.717, 1.165) is 38.5 Å². The second-order valence-corrected chi connectivity index (χ2v) is 11.3. The predicted octanol–water partition coefficient (Wildman–Crippen LogP) is 5.30. The second kappa shape index (κ2) is 13.0. The average Bonchev–Trinajstić information content (AvgIpc) is 3.84. The summed E-state index contributed by atoms with van der Waals surface area (Å²) in [5.74, 6) is -1.01. The third-order valence-corrected chi connectivity index (χ3v) is 8.19. The summed E-state index contributed by atoms with van der Waals surface area (Å²) in [5.41, 5.74) is 5.36. The van der Waals surface area contributed by atoms with E-state index in [2.05, 4.69) is 30.9 Å². The number of amides is 2. The van der Waals surface area contributed by atoms with Gasteiger partial charge in [-0.2, -0.15) is 4.68 Å². The Hall–Kier alpha value is -6.23. The Morgan fingerprint density at radius 2 is 1.30 bits per heavy atom. The molecule has 2 unspecified atom stereocenters. The molecule has 2 atom stereocenters. The lowest BCUT2D eigenvalue weighted by Crippen LogP contribution is -2.54. The van der Waals surface area contributed by atoms with Gasteiger partial charge in [-0.05, 0) is 41.0 Å². The van der Waals surface area contributed by atoms with Crippen molar-refractivity contribution >= 4 is 50.7 Å². The first-order chi connectivity index (χ1) is 23.0. The van der Waals surface area contributed by atoms with E-state index in [1.807, 2.05) is 97.3 Å². The maximum absolute atomic E-state index is 14.2. The first-order valence-electron chi connectivity index (χ1n) is 15.3. The standard InChI is InChI=1S/C36H31N7O4/c44-34(31(18-24-20-37-28-14-6-4-12-26(24)28)40-36(46)47-22-23-10-2-1-3-11-23)39-32(19-25-21-38-29-15-7-5-13-27(25)29)35(45)43-33-17-9-8-16-30(33)41-42-43/h1-17,20-21,31-32,37-38H,18-19,22H2,(H,39,44)(H,40,46). The minimum Gasteiger partial charge on any atom is -0.445 e. The minimum absolute atomic E-state index is 0.0369. The normalized spacial score (nSPS) is 12.6. The van der Waals surface area contributed by atoms with Crippen LogP contribution >= 0.6 is 0 Å². The highest BCUT2D eigenvalue weighted by Gasteiger charge is 2.31. The van der Waals surface area contributed by atoms with Crippen molar-refractivity contribution in [2.45, 2.75) is 31.5 Å². The molecule has 0 fully saturated rings. The maximum atomic E-state index is 14.2. The topological polar surface area (TPSA) is 147 Å². The van der Waals surface area contributed by atoms with Crippen LogP contribution in [-0.4, -0.2) is 55.0 Å². The Morgan fingerprint density at radius 3 is 2.00 bits per heavy atom. The van der Waals surface area contributed by atoms with Gasteiger partial charge in [0.2, 0.25) is 5.91 Å². The molecule has 11 heteroatoms. The number of alkyl carbamates (subject to hydrolysis) is 1. The summed E-state index contributed by atoms with van der Waals surface area (Å²) in [6.45, 7) is 0.0369. The number of carbonyl (C=O) groups is 3. The van der Waals surface area contributed by atoms with E-state index < -0.39 is 30.0 Å². The zero-order valence-corrected chi connectivity index (χ0v) is 25.2. The van der Waals surface area contributed by atoms with Crippen molar-refractivity contribution < 1.29 is 19.1 Å². The summed E-state index contributed by atoms with van der Waals surface area (Å²) < 4.78 is 6.69. The van der Waals surface area contributed by atoms with Crippen LogP contribution in [0.3, 0.4) is 0 Å². The molecule has 0 aliphatic carbocycles. The molecule has 234 valence electrons. The number of H-pyrrole nitrogens is 2. The van der Waals surface area contributed by atoms with Gasteiger partial charge in [-0.3, -0.25) is 9.59 Å². The summed E-state index contributed by atoms with van der Waals surface area (Å²) in [7, 11) is 0. The van der Waals surface area contributed by atoms with Crippen molar-refractivity contribution in [3.63, 3.8) is 0 Å². The first-order valence-corrected chi connectivity index (χ1v) is 15.3. The van der Waals surface area contributed by atoms with Crippen molar-refractivity contribution in [2.24, 2.45) is 0 Å². The van der Waals surface area contributed by atoms with Gasteiger partial charge in [-0.25, -0.2) is 4.79 Å². The second-order valence-electron chi connectivity index (χ2n) is 11.3. The number of nitrogens with zero attached hydrogens (tertiary/aromatic N) is 3. The molecule has 11 nitrogen and oxygen atoms in total. The van der Waals surface area contributed by atoms with E-state index in [1.165, 1.54) is 4.68 Å². The van der Waals surface area contributed by atoms with Crippen LogP contribution in [0.15, 0.2) is 116 Å². The van der Waals surface area contributed by atoms with Crippen LogP contribution in [0.1, 0.15) is 21.5 Å².